The van der Waals surface area contributed by atoms with E-state index in [0.717, 1.165) is 10.1 Å². The molecular weight excluding hydrogens is 421 g/mol. The van der Waals surface area contributed by atoms with Gasteiger partial charge in [0.1, 0.15) is 18.0 Å². The lowest BCUT2D eigenvalue weighted by Gasteiger charge is -2.14. The van der Waals surface area contributed by atoms with Crippen molar-refractivity contribution in [2.24, 2.45) is 0 Å². The minimum absolute atomic E-state index is 0.0206. The number of nitrogens with one attached hydrogen (secondary N) is 2. The minimum atomic E-state index is -3.97. The van der Waals surface area contributed by atoms with Crippen LogP contribution in [0.2, 0.25) is 0 Å². The summed E-state index contributed by atoms with van der Waals surface area (Å²) >= 11 is 0. The summed E-state index contributed by atoms with van der Waals surface area (Å²) in [4.78, 5) is 25.2. The number of anilines is 1. The Hall–Kier alpha value is -3.46. The van der Waals surface area contributed by atoms with E-state index in [9.17, 15) is 22.4 Å². The lowest BCUT2D eigenvalue weighted by atomic mass is 10.2. The first kappa shape index (κ1) is 22.2. The van der Waals surface area contributed by atoms with Crippen molar-refractivity contribution in [2.75, 3.05) is 4.72 Å². The van der Waals surface area contributed by atoms with Gasteiger partial charge in [0, 0.05) is 17.8 Å². The van der Waals surface area contributed by atoms with Gasteiger partial charge in [0.15, 0.2) is 0 Å². The summed E-state index contributed by atoms with van der Waals surface area (Å²) in [5, 5.41) is 2.56. The van der Waals surface area contributed by atoms with Gasteiger partial charge in [0.25, 0.3) is 15.6 Å². The molecule has 0 fully saturated rings. The van der Waals surface area contributed by atoms with Crippen LogP contribution in [-0.2, 0) is 27.9 Å². The van der Waals surface area contributed by atoms with Gasteiger partial charge in [-0.3, -0.25) is 14.3 Å². The molecular formula is C22H22FN3O4S. The summed E-state index contributed by atoms with van der Waals surface area (Å²) in [5.74, 6) is -0.948. The molecule has 0 saturated carbocycles. The zero-order valence-electron chi connectivity index (χ0n) is 17.1. The van der Waals surface area contributed by atoms with Gasteiger partial charge in [0.05, 0.1) is 4.90 Å². The van der Waals surface area contributed by atoms with Gasteiger partial charge in [-0.2, -0.15) is 0 Å². The summed E-state index contributed by atoms with van der Waals surface area (Å²) in [5.41, 5.74) is 0.867. The molecule has 162 valence electrons. The molecule has 7 nitrogen and oxygen atoms in total. The second kappa shape index (κ2) is 9.13. The molecule has 2 aromatic carbocycles. The van der Waals surface area contributed by atoms with E-state index in [1.54, 1.807) is 43.3 Å². The Morgan fingerprint density at radius 1 is 1.00 bits per heavy atom. The number of pyridine rings is 1. The van der Waals surface area contributed by atoms with Gasteiger partial charge >= 0.3 is 0 Å². The normalized spacial score (nSPS) is 11.2. The van der Waals surface area contributed by atoms with E-state index in [0.29, 0.717) is 11.3 Å². The number of halogens is 1. The van der Waals surface area contributed by atoms with Crippen molar-refractivity contribution in [2.45, 2.75) is 31.8 Å². The third kappa shape index (κ3) is 5.37. The molecule has 0 radical (unpaired) electrons. The number of amides is 1. The molecule has 9 heteroatoms. The molecule has 2 N–H and O–H groups in total. The number of aromatic nitrogens is 1. The Balaban J connectivity index is 1.77. The molecule has 3 aromatic rings. The number of hydrogen-bond donors (Lipinski definition) is 2. The first-order valence-electron chi connectivity index (χ1n) is 9.47. The number of aryl methyl sites for hydroxylation is 2. The molecule has 0 spiro atoms. The van der Waals surface area contributed by atoms with Gasteiger partial charge in [0.2, 0.25) is 5.91 Å². The van der Waals surface area contributed by atoms with Crippen LogP contribution in [0, 0.1) is 19.7 Å². The largest absolute Gasteiger partial charge is 0.350 e. The molecule has 0 aliphatic heterocycles. The zero-order valence-corrected chi connectivity index (χ0v) is 17.9. The zero-order chi connectivity index (χ0) is 22.6. The highest BCUT2D eigenvalue weighted by atomic mass is 32.2. The van der Waals surface area contributed by atoms with Crippen molar-refractivity contribution in [3.8, 4) is 0 Å². The van der Waals surface area contributed by atoms with Gasteiger partial charge in [-0.1, -0.05) is 35.9 Å². The molecule has 3 rings (SSSR count). The van der Waals surface area contributed by atoms with Crippen LogP contribution in [0.1, 0.15) is 16.8 Å². The van der Waals surface area contributed by atoms with Gasteiger partial charge in [-0.05, 0) is 44.2 Å². The van der Waals surface area contributed by atoms with E-state index in [1.165, 1.54) is 24.3 Å². The van der Waals surface area contributed by atoms with Crippen LogP contribution in [0.25, 0.3) is 0 Å². The highest BCUT2D eigenvalue weighted by Gasteiger charge is 2.18. The molecule has 0 atom stereocenters. The van der Waals surface area contributed by atoms with Crippen LogP contribution in [0.5, 0.6) is 0 Å². The summed E-state index contributed by atoms with van der Waals surface area (Å²) in [6.45, 7) is 3.10. The maximum atomic E-state index is 13.7. The predicted octanol–water partition coefficient (Wildman–Crippen LogP) is 2.72. The summed E-state index contributed by atoms with van der Waals surface area (Å²) < 4.78 is 42.3. The van der Waals surface area contributed by atoms with E-state index in [1.807, 2.05) is 6.92 Å². The first-order valence-corrected chi connectivity index (χ1v) is 11.0. The maximum Gasteiger partial charge on any atom is 0.275 e. The fourth-order valence-electron chi connectivity index (χ4n) is 2.90. The molecule has 0 aliphatic rings. The van der Waals surface area contributed by atoms with Gasteiger partial charge in [-0.15, -0.1) is 0 Å². The van der Waals surface area contributed by atoms with Crippen molar-refractivity contribution < 1.29 is 17.6 Å². The summed E-state index contributed by atoms with van der Waals surface area (Å²) in [7, 11) is -3.97. The average Bonchev–Trinajstić information content (AvgIpc) is 2.73. The van der Waals surface area contributed by atoms with Crippen LogP contribution in [-0.4, -0.2) is 18.9 Å². The molecule has 0 bridgehead atoms. The van der Waals surface area contributed by atoms with Gasteiger partial charge < -0.3 is 9.88 Å². The van der Waals surface area contributed by atoms with E-state index < -0.39 is 27.3 Å². The molecule has 1 aromatic heterocycles. The number of benzene rings is 2. The minimum Gasteiger partial charge on any atom is -0.350 e. The molecule has 31 heavy (non-hydrogen) atoms. The topological polar surface area (TPSA) is 97.3 Å². The molecule has 0 unspecified atom stereocenters. The SMILES string of the molecule is Cc1ccc(S(=O)(=O)Nc2ccc(C)n(CC(=O)NCc3ccccc3F)c2=O)cc1. The smallest absolute Gasteiger partial charge is 0.275 e. The number of nitrogens with zero attached hydrogens (tertiary/aromatic N) is 1. The monoisotopic (exact) mass is 443 g/mol. The van der Waals surface area contributed by atoms with E-state index >= 15 is 0 Å². The van der Waals surface area contributed by atoms with E-state index in [4.69, 9.17) is 0 Å². The highest BCUT2D eigenvalue weighted by molar-refractivity contribution is 7.92. The lowest BCUT2D eigenvalue weighted by Crippen LogP contribution is -2.34. The Kier molecular flexibility index (Phi) is 6.55. The van der Waals surface area contributed by atoms with E-state index in [2.05, 4.69) is 10.0 Å². The molecule has 1 heterocycles. The van der Waals surface area contributed by atoms with Crippen LogP contribution in [0.3, 0.4) is 0 Å². The first-order chi connectivity index (χ1) is 14.7. The number of carbonyl (C=O) groups excluding carboxylic acids is 1. The molecule has 0 saturated heterocycles. The standard InChI is InChI=1S/C22H22FN3O4S/c1-15-7-10-18(11-8-15)31(29,30)25-20-12-9-16(2)26(22(20)28)14-21(27)24-13-17-5-3-4-6-19(17)23/h3-12,25H,13-14H2,1-2H3,(H,24,27). The number of carbonyl (C=O) groups is 1. The fourth-order valence-corrected chi connectivity index (χ4v) is 3.96. The lowest BCUT2D eigenvalue weighted by molar-refractivity contribution is -0.121. The third-order valence-corrected chi connectivity index (χ3v) is 6.09. The highest BCUT2D eigenvalue weighted by Crippen LogP contribution is 2.15. The Morgan fingerprint density at radius 2 is 1.68 bits per heavy atom. The van der Waals surface area contributed by atoms with Crippen LogP contribution in [0.4, 0.5) is 10.1 Å². The Morgan fingerprint density at radius 3 is 2.35 bits per heavy atom. The van der Waals surface area contributed by atoms with Crippen LogP contribution in [0.15, 0.2) is 70.4 Å². The molecule has 1 amide bonds. The van der Waals surface area contributed by atoms with E-state index in [-0.39, 0.29) is 23.7 Å². The third-order valence-electron chi connectivity index (χ3n) is 4.70. The van der Waals surface area contributed by atoms with Gasteiger partial charge in [-0.25, -0.2) is 12.8 Å². The number of hydrogen-bond acceptors (Lipinski definition) is 4. The molecule has 0 aliphatic carbocycles. The van der Waals surface area contributed by atoms with Crippen molar-refractivity contribution in [3.63, 3.8) is 0 Å². The maximum absolute atomic E-state index is 13.7. The van der Waals surface area contributed by atoms with Crippen LogP contribution >= 0.6 is 0 Å². The number of sulfonamides is 1. The Bertz CT molecular complexity index is 1270. The summed E-state index contributed by atoms with van der Waals surface area (Å²) in [6, 6.07) is 15.1. The quantitative estimate of drug-likeness (QED) is 0.587. The second-order valence-electron chi connectivity index (χ2n) is 7.07. The Labute approximate surface area is 179 Å². The fraction of sp³-hybridized carbons (Fsp3) is 0.182. The van der Waals surface area contributed by atoms with Crippen LogP contribution < -0.4 is 15.6 Å². The summed E-state index contributed by atoms with van der Waals surface area (Å²) in [6.07, 6.45) is 0. The van der Waals surface area contributed by atoms with Crippen molar-refractivity contribution in [1.29, 1.82) is 0 Å². The number of rotatable bonds is 7. The average molecular weight is 444 g/mol. The second-order valence-corrected chi connectivity index (χ2v) is 8.75. The van der Waals surface area contributed by atoms with Crippen molar-refractivity contribution in [3.05, 3.63) is 93.7 Å². The van der Waals surface area contributed by atoms with Crippen molar-refractivity contribution in [1.82, 2.24) is 9.88 Å². The van der Waals surface area contributed by atoms with Crippen molar-refractivity contribution >= 4 is 21.6 Å². The predicted molar refractivity (Wildman–Crippen MR) is 116 cm³/mol.